The normalized spacial score (nSPS) is 22.7. The van der Waals surface area contributed by atoms with Gasteiger partial charge >= 0.3 is 0 Å². The molecule has 0 bridgehead atoms. The highest BCUT2D eigenvalue weighted by Gasteiger charge is 2.23. The van der Waals surface area contributed by atoms with Crippen LogP contribution in [0.5, 0.6) is 0 Å². The van der Waals surface area contributed by atoms with Crippen molar-refractivity contribution in [3.8, 4) is 0 Å². The Labute approximate surface area is 122 Å². The van der Waals surface area contributed by atoms with E-state index in [0.717, 1.165) is 16.9 Å². The number of tetrazole rings is 1. The predicted octanol–water partition coefficient (Wildman–Crippen LogP) is 2.66. The zero-order valence-electron chi connectivity index (χ0n) is 12.0. The molecular formula is C15H18N6. The lowest BCUT2D eigenvalue weighted by Crippen LogP contribution is -2.31. The molecule has 2 unspecified atom stereocenters. The summed E-state index contributed by atoms with van der Waals surface area (Å²) in [7, 11) is 0. The van der Waals surface area contributed by atoms with Gasteiger partial charge in [-0.2, -0.15) is 4.52 Å². The molecule has 21 heavy (non-hydrogen) atoms. The number of rotatable bonds is 2. The molecule has 6 heteroatoms. The average molecular weight is 282 g/mol. The van der Waals surface area contributed by atoms with Crippen molar-refractivity contribution in [3.63, 3.8) is 0 Å². The molecule has 1 aliphatic rings. The summed E-state index contributed by atoms with van der Waals surface area (Å²) >= 11 is 0. The lowest BCUT2D eigenvalue weighted by molar-refractivity contribution is 0.349. The minimum absolute atomic E-state index is 0.452. The van der Waals surface area contributed by atoms with E-state index in [1.165, 1.54) is 25.7 Å². The standard InChI is InChI=1S/C15H18N6/c1-10-6-2-3-7-11(10)16-14-15-18-19-20-21(15)13-9-5-4-8-12(13)17-14/h4-5,8-11H,2-3,6-7H2,1H3,(H,16,17). The van der Waals surface area contributed by atoms with Crippen molar-refractivity contribution in [2.24, 2.45) is 5.92 Å². The third-order valence-electron chi connectivity index (χ3n) is 4.46. The molecule has 6 nitrogen and oxygen atoms in total. The van der Waals surface area contributed by atoms with Crippen molar-refractivity contribution < 1.29 is 0 Å². The second kappa shape index (κ2) is 4.95. The van der Waals surface area contributed by atoms with Crippen LogP contribution in [0.4, 0.5) is 5.82 Å². The van der Waals surface area contributed by atoms with Gasteiger partial charge in [0.15, 0.2) is 5.82 Å². The largest absolute Gasteiger partial charge is 0.364 e. The van der Waals surface area contributed by atoms with Crippen molar-refractivity contribution in [1.82, 2.24) is 25.0 Å². The lowest BCUT2D eigenvalue weighted by atomic mass is 9.86. The summed E-state index contributed by atoms with van der Waals surface area (Å²) in [5.74, 6) is 1.44. The fraction of sp³-hybridized carbons (Fsp3) is 0.467. The zero-order chi connectivity index (χ0) is 14.2. The maximum atomic E-state index is 4.73. The molecule has 0 amide bonds. The van der Waals surface area contributed by atoms with Gasteiger partial charge < -0.3 is 5.32 Å². The van der Waals surface area contributed by atoms with Crippen LogP contribution < -0.4 is 5.32 Å². The predicted molar refractivity (Wildman–Crippen MR) is 81.1 cm³/mol. The van der Waals surface area contributed by atoms with Crippen molar-refractivity contribution in [1.29, 1.82) is 0 Å². The smallest absolute Gasteiger partial charge is 0.222 e. The van der Waals surface area contributed by atoms with Crippen LogP contribution >= 0.6 is 0 Å². The van der Waals surface area contributed by atoms with Crippen LogP contribution in [-0.4, -0.2) is 31.1 Å². The SMILES string of the molecule is CC1CCCCC1Nc1nc2ccccc2n2nnnc12. The highest BCUT2D eigenvalue weighted by atomic mass is 15.5. The Bertz CT molecular complexity index is 780. The van der Waals surface area contributed by atoms with Crippen molar-refractivity contribution in [2.75, 3.05) is 5.32 Å². The fourth-order valence-electron chi connectivity index (χ4n) is 3.21. The van der Waals surface area contributed by atoms with Crippen LogP contribution in [0.25, 0.3) is 16.7 Å². The number of hydrogen-bond acceptors (Lipinski definition) is 5. The second-order valence-electron chi connectivity index (χ2n) is 5.88. The molecular weight excluding hydrogens is 264 g/mol. The van der Waals surface area contributed by atoms with E-state index in [1.807, 2.05) is 24.3 Å². The summed E-state index contributed by atoms with van der Waals surface area (Å²) in [4.78, 5) is 4.73. The second-order valence-corrected chi connectivity index (χ2v) is 5.88. The van der Waals surface area contributed by atoms with E-state index in [9.17, 15) is 0 Å². The molecule has 0 spiro atoms. The Hall–Kier alpha value is -2.24. The van der Waals surface area contributed by atoms with E-state index < -0.39 is 0 Å². The highest BCUT2D eigenvalue weighted by Crippen LogP contribution is 2.28. The summed E-state index contributed by atoms with van der Waals surface area (Å²) in [5, 5.41) is 15.6. The summed E-state index contributed by atoms with van der Waals surface area (Å²) in [6.07, 6.45) is 5.05. The number of nitrogens with one attached hydrogen (secondary N) is 1. The third-order valence-corrected chi connectivity index (χ3v) is 4.46. The molecule has 0 saturated heterocycles. The van der Waals surface area contributed by atoms with Crippen molar-refractivity contribution >= 4 is 22.5 Å². The number of fused-ring (bicyclic) bond motifs is 3. The van der Waals surface area contributed by atoms with Crippen LogP contribution in [-0.2, 0) is 0 Å². The van der Waals surface area contributed by atoms with E-state index in [-0.39, 0.29) is 0 Å². The van der Waals surface area contributed by atoms with Gasteiger partial charge in [-0.05, 0) is 41.3 Å². The van der Waals surface area contributed by atoms with Gasteiger partial charge in [0.25, 0.3) is 0 Å². The lowest BCUT2D eigenvalue weighted by Gasteiger charge is -2.29. The van der Waals surface area contributed by atoms with Gasteiger partial charge in [-0.25, -0.2) is 4.98 Å². The van der Waals surface area contributed by atoms with Crippen LogP contribution in [0.1, 0.15) is 32.6 Å². The minimum atomic E-state index is 0.452. The Morgan fingerprint density at radius 2 is 2.05 bits per heavy atom. The summed E-state index contributed by atoms with van der Waals surface area (Å²) in [6, 6.07) is 8.39. The first-order valence-corrected chi connectivity index (χ1v) is 7.56. The Balaban J connectivity index is 1.81. The first-order valence-electron chi connectivity index (χ1n) is 7.56. The molecule has 3 aromatic rings. The molecule has 1 fully saturated rings. The molecule has 1 N–H and O–H groups in total. The van der Waals surface area contributed by atoms with E-state index in [2.05, 4.69) is 27.8 Å². The number of nitrogens with zero attached hydrogens (tertiary/aromatic N) is 5. The quantitative estimate of drug-likeness (QED) is 0.782. The van der Waals surface area contributed by atoms with Gasteiger partial charge in [0.05, 0.1) is 11.0 Å². The van der Waals surface area contributed by atoms with E-state index in [4.69, 9.17) is 4.98 Å². The number of aromatic nitrogens is 5. The van der Waals surface area contributed by atoms with E-state index in [0.29, 0.717) is 17.6 Å². The zero-order valence-corrected chi connectivity index (χ0v) is 12.0. The summed E-state index contributed by atoms with van der Waals surface area (Å²) < 4.78 is 1.76. The van der Waals surface area contributed by atoms with Gasteiger partial charge in [-0.1, -0.05) is 31.9 Å². The van der Waals surface area contributed by atoms with Crippen LogP contribution in [0.2, 0.25) is 0 Å². The number of hydrogen-bond donors (Lipinski definition) is 1. The molecule has 108 valence electrons. The summed E-state index contributed by atoms with van der Waals surface area (Å²) in [5.41, 5.74) is 2.54. The number of benzene rings is 1. The Kier molecular flexibility index (Phi) is 2.94. The molecule has 1 aliphatic carbocycles. The monoisotopic (exact) mass is 282 g/mol. The van der Waals surface area contributed by atoms with Crippen LogP contribution in [0, 0.1) is 5.92 Å². The first-order chi connectivity index (χ1) is 10.3. The van der Waals surface area contributed by atoms with Crippen LogP contribution in [0.15, 0.2) is 24.3 Å². The molecule has 1 aromatic carbocycles. The molecule has 1 saturated carbocycles. The maximum Gasteiger partial charge on any atom is 0.222 e. The minimum Gasteiger partial charge on any atom is -0.364 e. The molecule has 0 radical (unpaired) electrons. The number of anilines is 1. The Morgan fingerprint density at radius 3 is 2.95 bits per heavy atom. The van der Waals surface area contributed by atoms with Crippen molar-refractivity contribution in [3.05, 3.63) is 24.3 Å². The van der Waals surface area contributed by atoms with Crippen molar-refractivity contribution in [2.45, 2.75) is 38.6 Å². The van der Waals surface area contributed by atoms with Gasteiger partial charge in [0, 0.05) is 6.04 Å². The molecule has 4 rings (SSSR count). The van der Waals surface area contributed by atoms with E-state index >= 15 is 0 Å². The average Bonchev–Trinajstić information content (AvgIpc) is 3.00. The third kappa shape index (κ3) is 2.11. The molecule has 2 aromatic heterocycles. The maximum absolute atomic E-state index is 4.73. The van der Waals surface area contributed by atoms with Gasteiger partial charge in [-0.3, -0.25) is 0 Å². The molecule has 2 atom stereocenters. The van der Waals surface area contributed by atoms with Gasteiger partial charge in [0.1, 0.15) is 0 Å². The van der Waals surface area contributed by atoms with Gasteiger partial charge in [-0.15, -0.1) is 5.10 Å². The topological polar surface area (TPSA) is 68.0 Å². The van der Waals surface area contributed by atoms with E-state index in [1.54, 1.807) is 4.52 Å². The number of para-hydroxylation sites is 2. The summed E-state index contributed by atoms with van der Waals surface area (Å²) in [6.45, 7) is 2.30. The molecule has 0 aliphatic heterocycles. The fourth-order valence-corrected chi connectivity index (χ4v) is 3.21. The van der Waals surface area contributed by atoms with Gasteiger partial charge in [0.2, 0.25) is 5.65 Å². The highest BCUT2D eigenvalue weighted by molar-refractivity contribution is 5.81. The first kappa shape index (κ1) is 12.5. The Morgan fingerprint density at radius 1 is 1.19 bits per heavy atom. The molecule has 2 heterocycles. The van der Waals surface area contributed by atoms with Crippen LogP contribution in [0.3, 0.4) is 0 Å².